The summed E-state index contributed by atoms with van der Waals surface area (Å²) in [5, 5.41) is 11.7. The molecule has 4 rings (SSSR count). The highest BCUT2D eigenvalue weighted by atomic mass is 19.1. The van der Waals surface area contributed by atoms with Gasteiger partial charge in [-0.05, 0) is 36.1 Å². The molecule has 0 spiro atoms. The van der Waals surface area contributed by atoms with Crippen LogP contribution in [0.5, 0.6) is 0 Å². The Hall–Kier alpha value is -2.93. The Morgan fingerprint density at radius 2 is 1.59 bits per heavy atom. The second-order valence-corrected chi connectivity index (χ2v) is 8.69. The average Bonchev–Trinajstić information content (AvgIpc) is 3.39. The molecule has 2 fully saturated rings. The molecule has 2 aromatic carbocycles. The molecule has 1 saturated heterocycles. The van der Waals surface area contributed by atoms with Gasteiger partial charge in [0.05, 0.1) is 6.54 Å². The first-order valence-electron chi connectivity index (χ1n) is 11.3. The van der Waals surface area contributed by atoms with Gasteiger partial charge in [0.25, 0.3) is 5.91 Å². The number of guanidine groups is 1. The zero-order valence-corrected chi connectivity index (χ0v) is 18.3. The van der Waals surface area contributed by atoms with Gasteiger partial charge in [0.2, 0.25) is 0 Å². The summed E-state index contributed by atoms with van der Waals surface area (Å²) in [5.74, 6) is -0.134. The molecule has 1 saturated carbocycles. The maximum Gasteiger partial charge on any atom is 0.259 e. The predicted octanol–water partition coefficient (Wildman–Crippen LogP) is 2.86. The monoisotopic (exact) mass is 438 g/mol. The molecular formula is C25H31FN4O2. The smallest absolute Gasteiger partial charge is 0.259 e. The number of aliphatic hydroxyl groups is 1. The fourth-order valence-electron chi connectivity index (χ4n) is 4.81. The number of carbonyl (C=O) groups excluding carboxylic acids is 1. The molecule has 6 nitrogen and oxygen atoms in total. The number of aliphatic imine (C=N–C) groups is 1. The Bertz CT molecular complexity index is 936. The number of nitrogens with two attached hydrogens (primary N) is 1. The van der Waals surface area contributed by atoms with Gasteiger partial charge in [-0.15, -0.1) is 0 Å². The lowest BCUT2D eigenvalue weighted by molar-refractivity contribution is -0.160. The first kappa shape index (κ1) is 22.3. The van der Waals surface area contributed by atoms with Crippen LogP contribution in [0, 0.1) is 11.7 Å². The van der Waals surface area contributed by atoms with Crippen molar-refractivity contribution in [3.8, 4) is 0 Å². The molecule has 2 aromatic rings. The minimum atomic E-state index is -1.48. The second-order valence-electron chi connectivity index (χ2n) is 8.69. The number of hydrogen-bond acceptors (Lipinski definition) is 3. The third kappa shape index (κ3) is 4.63. The third-order valence-electron chi connectivity index (χ3n) is 6.71. The van der Waals surface area contributed by atoms with Crippen LogP contribution in [0.4, 0.5) is 4.39 Å². The molecule has 1 heterocycles. The normalized spacial score (nSPS) is 19.8. The molecule has 3 N–H and O–H groups in total. The Morgan fingerprint density at radius 1 is 1.00 bits per heavy atom. The number of carbonyl (C=O) groups is 1. The van der Waals surface area contributed by atoms with Gasteiger partial charge in [0.15, 0.2) is 11.6 Å². The molecule has 0 bridgehead atoms. The highest BCUT2D eigenvalue weighted by Gasteiger charge is 2.48. The number of piperazine rings is 1. The average molecular weight is 439 g/mol. The van der Waals surface area contributed by atoms with Gasteiger partial charge in [-0.25, -0.2) is 9.38 Å². The van der Waals surface area contributed by atoms with Crippen molar-refractivity contribution < 1.29 is 14.3 Å². The largest absolute Gasteiger partial charge is 0.375 e. The van der Waals surface area contributed by atoms with Gasteiger partial charge in [0, 0.05) is 32.1 Å². The van der Waals surface area contributed by atoms with Crippen molar-refractivity contribution in [1.29, 1.82) is 0 Å². The summed E-state index contributed by atoms with van der Waals surface area (Å²) in [4.78, 5) is 21.7. The van der Waals surface area contributed by atoms with Gasteiger partial charge in [-0.3, -0.25) is 4.79 Å². The summed E-state index contributed by atoms with van der Waals surface area (Å²) >= 11 is 0. The molecule has 32 heavy (non-hydrogen) atoms. The molecule has 1 unspecified atom stereocenters. The summed E-state index contributed by atoms with van der Waals surface area (Å²) < 4.78 is 13.1. The zero-order chi connectivity index (χ0) is 22.6. The van der Waals surface area contributed by atoms with Crippen LogP contribution < -0.4 is 5.73 Å². The van der Waals surface area contributed by atoms with Crippen LogP contribution in [-0.4, -0.2) is 53.0 Å². The molecular weight excluding hydrogens is 407 g/mol. The van der Waals surface area contributed by atoms with E-state index in [2.05, 4.69) is 4.99 Å². The minimum absolute atomic E-state index is 0.0576. The van der Waals surface area contributed by atoms with Gasteiger partial charge < -0.3 is 20.6 Å². The predicted molar refractivity (Wildman–Crippen MR) is 122 cm³/mol. The van der Waals surface area contributed by atoms with E-state index >= 15 is 0 Å². The lowest BCUT2D eigenvalue weighted by Gasteiger charge is -2.41. The summed E-state index contributed by atoms with van der Waals surface area (Å²) in [6, 6.07) is 15.5. The minimum Gasteiger partial charge on any atom is -0.375 e. The highest BCUT2D eigenvalue weighted by Crippen LogP contribution is 2.42. The van der Waals surface area contributed by atoms with Crippen molar-refractivity contribution in [1.82, 2.24) is 9.80 Å². The quantitative estimate of drug-likeness (QED) is 0.556. The standard InChI is InChI=1S/C25H31FN4O2/c26-22-12-10-19(11-13-22)18-28-24(27)30-16-14-29(15-17-30)23(31)25(32,21-8-4-5-9-21)20-6-2-1-3-7-20/h1-3,6-7,10-13,21,32H,4-5,8-9,14-18H2,(H2,27,28). The van der Waals surface area contributed by atoms with E-state index < -0.39 is 5.60 Å². The maximum atomic E-state index is 13.6. The Morgan fingerprint density at radius 3 is 2.22 bits per heavy atom. The number of hydrogen-bond donors (Lipinski definition) is 2. The van der Waals surface area contributed by atoms with Crippen LogP contribution >= 0.6 is 0 Å². The van der Waals surface area contributed by atoms with Crippen molar-refractivity contribution in [3.05, 3.63) is 71.5 Å². The topological polar surface area (TPSA) is 82.2 Å². The summed E-state index contributed by atoms with van der Waals surface area (Å²) in [6.45, 7) is 2.45. The van der Waals surface area contributed by atoms with Crippen LogP contribution in [0.1, 0.15) is 36.8 Å². The van der Waals surface area contributed by atoms with E-state index in [0.29, 0.717) is 44.2 Å². The lowest BCUT2D eigenvalue weighted by atomic mass is 9.79. The Kier molecular flexibility index (Phi) is 6.74. The molecule has 1 atom stereocenters. The molecule has 1 aliphatic heterocycles. The van der Waals surface area contributed by atoms with Crippen molar-refractivity contribution >= 4 is 11.9 Å². The summed E-state index contributed by atoms with van der Waals surface area (Å²) in [5.41, 5.74) is 6.25. The van der Waals surface area contributed by atoms with E-state index in [1.807, 2.05) is 35.2 Å². The van der Waals surface area contributed by atoms with Crippen LogP contribution in [0.3, 0.4) is 0 Å². The number of amides is 1. The van der Waals surface area contributed by atoms with Gasteiger partial charge in [-0.1, -0.05) is 55.3 Å². The zero-order valence-electron chi connectivity index (χ0n) is 18.3. The first-order chi connectivity index (χ1) is 15.5. The van der Waals surface area contributed by atoms with E-state index in [1.54, 1.807) is 17.0 Å². The summed E-state index contributed by atoms with van der Waals surface area (Å²) in [7, 11) is 0. The molecule has 2 aliphatic rings. The van der Waals surface area contributed by atoms with Gasteiger partial charge >= 0.3 is 0 Å². The van der Waals surface area contributed by atoms with Crippen molar-refractivity contribution in [2.24, 2.45) is 16.6 Å². The van der Waals surface area contributed by atoms with Crippen LogP contribution in [0.2, 0.25) is 0 Å². The molecule has 7 heteroatoms. The molecule has 170 valence electrons. The lowest BCUT2D eigenvalue weighted by Crippen LogP contribution is -2.58. The van der Waals surface area contributed by atoms with E-state index in [1.165, 1.54) is 12.1 Å². The van der Waals surface area contributed by atoms with E-state index in [0.717, 1.165) is 31.2 Å². The van der Waals surface area contributed by atoms with Crippen molar-refractivity contribution in [2.45, 2.75) is 37.8 Å². The van der Waals surface area contributed by atoms with Crippen molar-refractivity contribution in [3.63, 3.8) is 0 Å². The fourth-order valence-corrected chi connectivity index (χ4v) is 4.81. The Labute approximate surface area is 188 Å². The number of rotatable bonds is 5. The van der Waals surface area contributed by atoms with Crippen LogP contribution in [0.25, 0.3) is 0 Å². The molecule has 1 aliphatic carbocycles. The van der Waals surface area contributed by atoms with Crippen molar-refractivity contribution in [2.75, 3.05) is 26.2 Å². The number of halogens is 1. The highest BCUT2D eigenvalue weighted by molar-refractivity contribution is 5.87. The molecule has 1 amide bonds. The van der Waals surface area contributed by atoms with E-state index in [9.17, 15) is 14.3 Å². The number of nitrogens with zero attached hydrogens (tertiary/aromatic N) is 3. The Balaban J connectivity index is 1.41. The second kappa shape index (κ2) is 9.69. The van der Waals surface area contributed by atoms with Crippen LogP contribution in [-0.2, 0) is 16.9 Å². The van der Waals surface area contributed by atoms with E-state index in [-0.39, 0.29) is 17.6 Å². The summed E-state index contributed by atoms with van der Waals surface area (Å²) in [6.07, 6.45) is 3.81. The number of benzene rings is 2. The molecule has 0 radical (unpaired) electrons. The first-order valence-corrected chi connectivity index (χ1v) is 11.3. The fraction of sp³-hybridized carbons (Fsp3) is 0.440. The van der Waals surface area contributed by atoms with Crippen LogP contribution in [0.15, 0.2) is 59.6 Å². The maximum absolute atomic E-state index is 13.6. The van der Waals surface area contributed by atoms with Gasteiger partial charge in [-0.2, -0.15) is 0 Å². The van der Waals surface area contributed by atoms with E-state index in [4.69, 9.17) is 5.73 Å². The molecule has 0 aromatic heterocycles. The third-order valence-corrected chi connectivity index (χ3v) is 6.71. The van der Waals surface area contributed by atoms with Gasteiger partial charge in [0.1, 0.15) is 5.82 Å². The SMILES string of the molecule is NC(=NCc1ccc(F)cc1)N1CCN(C(=O)C(O)(c2ccccc2)C2CCCC2)CC1.